The molecular formula is C24H31N7O. The molecule has 0 fully saturated rings. The van der Waals surface area contributed by atoms with E-state index >= 15 is 0 Å². The quantitative estimate of drug-likeness (QED) is 0.531. The predicted octanol–water partition coefficient (Wildman–Crippen LogP) is 3.68. The highest BCUT2D eigenvalue weighted by molar-refractivity contribution is 6.10. The van der Waals surface area contributed by atoms with Crippen LogP contribution >= 0.6 is 0 Å². The van der Waals surface area contributed by atoms with Gasteiger partial charge in [-0.15, -0.1) is 0 Å². The van der Waals surface area contributed by atoms with Gasteiger partial charge in [-0.05, 0) is 65.3 Å². The van der Waals surface area contributed by atoms with Crippen molar-refractivity contribution in [1.29, 1.82) is 0 Å². The van der Waals surface area contributed by atoms with E-state index in [4.69, 9.17) is 0 Å². The van der Waals surface area contributed by atoms with Gasteiger partial charge in [-0.3, -0.25) is 19.7 Å². The normalized spacial score (nSPS) is 12.8. The van der Waals surface area contributed by atoms with Gasteiger partial charge in [0.15, 0.2) is 0 Å². The van der Waals surface area contributed by atoms with Crippen molar-refractivity contribution in [2.24, 2.45) is 9.98 Å². The van der Waals surface area contributed by atoms with Gasteiger partial charge in [-0.25, -0.2) is 4.98 Å². The van der Waals surface area contributed by atoms with Crippen LogP contribution in [0.3, 0.4) is 0 Å². The Morgan fingerprint density at radius 1 is 1.28 bits per heavy atom. The number of carbonyl (C=O) groups is 1. The second kappa shape index (κ2) is 9.74. The lowest BCUT2D eigenvalue weighted by Crippen LogP contribution is -2.24. The van der Waals surface area contributed by atoms with Gasteiger partial charge in [0.05, 0.1) is 29.8 Å². The van der Waals surface area contributed by atoms with Gasteiger partial charge < -0.3 is 14.9 Å². The van der Waals surface area contributed by atoms with Crippen molar-refractivity contribution in [3.8, 4) is 0 Å². The molecular weight excluding hydrogens is 402 g/mol. The molecule has 0 aliphatic rings. The first-order chi connectivity index (χ1) is 15.2. The summed E-state index contributed by atoms with van der Waals surface area (Å²) in [6, 6.07) is 7.73. The average molecular weight is 434 g/mol. The maximum atomic E-state index is 12.5. The summed E-state index contributed by atoms with van der Waals surface area (Å²) in [5.41, 5.74) is 4.07. The maximum absolute atomic E-state index is 12.5. The number of aromatic amines is 1. The fraction of sp³-hybridized carbons (Fsp3) is 0.333. The van der Waals surface area contributed by atoms with E-state index in [1.54, 1.807) is 12.4 Å². The van der Waals surface area contributed by atoms with Crippen LogP contribution in [0.1, 0.15) is 42.5 Å². The van der Waals surface area contributed by atoms with Gasteiger partial charge in [0.25, 0.3) is 5.91 Å². The molecule has 1 amide bonds. The molecule has 168 valence electrons. The highest BCUT2D eigenvalue weighted by atomic mass is 16.1. The van der Waals surface area contributed by atoms with Gasteiger partial charge in [0.1, 0.15) is 5.82 Å². The minimum Gasteiger partial charge on any atom is -0.348 e. The number of carbonyl (C=O) groups excluding carboxylic acids is 1. The first-order valence-corrected chi connectivity index (χ1v) is 10.4. The second-order valence-corrected chi connectivity index (χ2v) is 8.88. The number of hydrogen-bond acceptors (Lipinski definition) is 5. The Morgan fingerprint density at radius 3 is 2.72 bits per heavy atom. The minimum atomic E-state index is -0.131. The molecule has 8 nitrogen and oxygen atoms in total. The summed E-state index contributed by atoms with van der Waals surface area (Å²) in [6.45, 7) is 10.7. The summed E-state index contributed by atoms with van der Waals surface area (Å²) in [4.78, 5) is 30.7. The van der Waals surface area contributed by atoms with Gasteiger partial charge in [-0.1, -0.05) is 6.07 Å². The Labute approximate surface area is 188 Å². The Bertz CT molecular complexity index is 1160. The van der Waals surface area contributed by atoms with E-state index in [1.165, 1.54) is 0 Å². The molecule has 32 heavy (non-hydrogen) atoms. The largest absolute Gasteiger partial charge is 0.348 e. The predicted molar refractivity (Wildman–Crippen MR) is 131 cm³/mol. The fourth-order valence-corrected chi connectivity index (χ4v) is 3.12. The van der Waals surface area contributed by atoms with Crippen LogP contribution in [0.5, 0.6) is 0 Å². The summed E-state index contributed by atoms with van der Waals surface area (Å²) in [5.74, 6) is 0.558. The van der Waals surface area contributed by atoms with E-state index in [9.17, 15) is 4.79 Å². The van der Waals surface area contributed by atoms with Gasteiger partial charge >= 0.3 is 0 Å². The number of H-pyrrole nitrogens is 1. The number of amides is 1. The van der Waals surface area contributed by atoms with Crippen LogP contribution in [0.15, 0.2) is 52.8 Å². The highest BCUT2D eigenvalue weighted by Crippen LogP contribution is 2.20. The molecule has 2 N–H and O–H groups in total. The van der Waals surface area contributed by atoms with Crippen molar-refractivity contribution in [3.05, 3.63) is 59.8 Å². The third-order valence-electron chi connectivity index (χ3n) is 4.84. The zero-order valence-corrected chi connectivity index (χ0v) is 19.4. The minimum absolute atomic E-state index is 0.0689. The molecule has 0 bridgehead atoms. The third kappa shape index (κ3) is 5.79. The summed E-state index contributed by atoms with van der Waals surface area (Å²) < 4.78 is 2.02. The van der Waals surface area contributed by atoms with Crippen LogP contribution in [-0.4, -0.2) is 59.0 Å². The summed E-state index contributed by atoms with van der Waals surface area (Å²) in [6.07, 6.45) is 7.25. The third-order valence-corrected chi connectivity index (χ3v) is 4.84. The van der Waals surface area contributed by atoms with Crippen LogP contribution in [0.2, 0.25) is 0 Å². The molecule has 0 saturated heterocycles. The molecule has 8 heteroatoms. The zero-order valence-electron chi connectivity index (χ0n) is 19.4. The number of rotatable bonds is 8. The second-order valence-electron chi connectivity index (χ2n) is 8.88. The van der Waals surface area contributed by atoms with E-state index in [-0.39, 0.29) is 11.4 Å². The Kier molecular flexibility index (Phi) is 7.05. The zero-order chi connectivity index (χ0) is 23.3. The average Bonchev–Trinajstić information content (AvgIpc) is 3.37. The van der Waals surface area contributed by atoms with E-state index in [2.05, 4.69) is 52.8 Å². The maximum Gasteiger partial charge on any atom is 0.253 e. The number of nitrogens with zero attached hydrogens (tertiary/aromatic N) is 5. The Morgan fingerprint density at radius 2 is 2.06 bits per heavy atom. The van der Waals surface area contributed by atoms with Crippen LogP contribution in [0.25, 0.3) is 16.6 Å². The van der Waals surface area contributed by atoms with E-state index in [1.807, 2.05) is 60.2 Å². The van der Waals surface area contributed by atoms with Crippen LogP contribution < -0.4 is 5.32 Å². The smallest absolute Gasteiger partial charge is 0.253 e. The molecule has 3 aromatic rings. The van der Waals surface area contributed by atoms with Gasteiger partial charge in [0, 0.05) is 35.9 Å². The lowest BCUT2D eigenvalue weighted by atomic mass is 10.1. The molecule has 0 unspecified atom stereocenters. The first kappa shape index (κ1) is 23.1. The number of imidazole rings is 1. The van der Waals surface area contributed by atoms with Gasteiger partial charge in [0.2, 0.25) is 0 Å². The van der Waals surface area contributed by atoms with E-state index < -0.39 is 0 Å². The number of hydrogen-bond donors (Lipinski definition) is 2. The Hall–Kier alpha value is -3.52. The monoisotopic (exact) mass is 433 g/mol. The van der Waals surface area contributed by atoms with Crippen LogP contribution in [0.4, 0.5) is 0 Å². The summed E-state index contributed by atoms with van der Waals surface area (Å²) >= 11 is 0. The molecule has 0 radical (unpaired) electrons. The Balaban J connectivity index is 1.72. The molecule has 2 aromatic heterocycles. The van der Waals surface area contributed by atoms with Gasteiger partial charge in [-0.2, -0.15) is 0 Å². The van der Waals surface area contributed by atoms with E-state index in [0.717, 1.165) is 22.2 Å². The molecule has 1 aromatic carbocycles. The summed E-state index contributed by atoms with van der Waals surface area (Å²) in [5, 5.41) is 2.93. The van der Waals surface area contributed by atoms with Crippen LogP contribution in [-0.2, 0) is 12.1 Å². The standard InChI is InChI=1S/C24H31N7O/c1-24(2,3)31-10-9-18(15-31)23(32)27-14-22-28-20-8-7-17(11-21(20)29-22)19(12-25-4)13-26-16-30(5)6/h7-13,15H,4,14,16H2,1-3,5-6H3,(H,27,32)(H,28,29)/b19-12+,26-13-. The molecule has 2 heterocycles. The molecule has 0 aliphatic carbocycles. The topological polar surface area (TPSA) is 90.7 Å². The lowest BCUT2D eigenvalue weighted by molar-refractivity contribution is 0.0950. The number of aliphatic imine (C=N–C) groups is 2. The lowest BCUT2D eigenvalue weighted by Gasteiger charge is -2.20. The number of allylic oxidation sites excluding steroid dienone is 1. The number of nitrogens with one attached hydrogen (secondary N) is 2. The summed E-state index contributed by atoms with van der Waals surface area (Å²) in [7, 11) is 3.92. The van der Waals surface area contributed by atoms with Crippen LogP contribution in [0, 0.1) is 0 Å². The van der Waals surface area contributed by atoms with Crippen molar-refractivity contribution in [3.63, 3.8) is 0 Å². The highest BCUT2D eigenvalue weighted by Gasteiger charge is 2.15. The molecule has 0 atom stereocenters. The van der Waals surface area contributed by atoms with Crippen molar-refractivity contribution in [2.45, 2.75) is 32.9 Å². The number of benzene rings is 1. The van der Waals surface area contributed by atoms with Crippen molar-refractivity contribution in [2.75, 3.05) is 20.8 Å². The number of aromatic nitrogens is 3. The fourth-order valence-electron chi connectivity index (χ4n) is 3.12. The molecule has 3 rings (SSSR count). The first-order valence-electron chi connectivity index (χ1n) is 10.4. The molecule has 0 saturated carbocycles. The van der Waals surface area contributed by atoms with Crippen molar-refractivity contribution in [1.82, 2.24) is 24.8 Å². The SMILES string of the molecule is C=N/C=C(\C=N/CN(C)C)c1ccc2nc(CNC(=O)c3ccn(C(C)(C)C)c3)[nH]c2c1. The van der Waals surface area contributed by atoms with Crippen molar-refractivity contribution < 1.29 is 4.79 Å². The van der Waals surface area contributed by atoms with E-state index in [0.29, 0.717) is 24.6 Å². The molecule has 0 aliphatic heterocycles. The van der Waals surface area contributed by atoms with Crippen molar-refractivity contribution >= 4 is 35.4 Å². The molecule has 0 spiro atoms. The number of fused-ring (bicyclic) bond motifs is 1.